The summed E-state index contributed by atoms with van der Waals surface area (Å²) in [5.41, 5.74) is -0.0654. The van der Waals surface area contributed by atoms with Crippen LogP contribution >= 0.6 is 15.5 Å². The van der Waals surface area contributed by atoms with Crippen LogP contribution in [0.5, 0.6) is 0 Å². The van der Waals surface area contributed by atoms with Crippen molar-refractivity contribution in [2.24, 2.45) is 0 Å². The summed E-state index contributed by atoms with van der Waals surface area (Å²) >= 11 is 0. The maximum absolute atomic E-state index is 11.4. The van der Waals surface area contributed by atoms with Crippen LogP contribution in [0.4, 0.5) is 9.59 Å². The summed E-state index contributed by atoms with van der Waals surface area (Å²) < 4.78 is 34.6. The Bertz CT molecular complexity index is 582. The molecule has 6 N–H and O–H groups in total. The minimum atomic E-state index is -4.91. The second-order valence-corrected chi connectivity index (χ2v) is 6.94. The van der Waals surface area contributed by atoms with Gasteiger partial charge in [0.2, 0.25) is 0 Å². The molecule has 0 aliphatic heterocycles. The Morgan fingerprint density at radius 1 is 0.960 bits per heavy atom. The number of carbonyl (C=O) groups excluding carboxylic acids is 3. The number of ether oxygens (including phenoxy) is 3. The van der Waals surface area contributed by atoms with E-state index in [1.54, 1.807) is 0 Å². The maximum atomic E-state index is 11.4. The summed E-state index contributed by atoms with van der Waals surface area (Å²) in [5, 5.41) is 2.34. The second-order valence-electron chi connectivity index (χ2n) is 4.32. The number of rotatable bonds is 8. The third kappa shape index (κ3) is 13.1. The highest BCUT2D eigenvalue weighted by Crippen LogP contribution is 2.28. The van der Waals surface area contributed by atoms with E-state index < -0.39 is 53.0 Å². The lowest BCUT2D eigenvalue weighted by atomic mass is 10.3. The van der Waals surface area contributed by atoms with E-state index in [1.807, 2.05) is 0 Å². The number of hydrogen-bond acceptors (Lipinski definition) is 8. The Kier molecular flexibility index (Phi) is 8.77. The molecule has 0 aromatic heterocycles. The molecule has 144 valence electrons. The fraction of sp³-hybridized carbons (Fsp3) is 0.444. The van der Waals surface area contributed by atoms with Gasteiger partial charge in [0.1, 0.15) is 13.2 Å². The fourth-order valence-corrected chi connectivity index (χ4v) is 1.61. The summed E-state index contributed by atoms with van der Waals surface area (Å²) in [5.74, 6) is -0.969. The van der Waals surface area contributed by atoms with Crippen LogP contribution in [0.1, 0.15) is 6.92 Å². The first-order valence-corrected chi connectivity index (χ1v) is 9.29. The van der Waals surface area contributed by atoms with E-state index in [2.05, 4.69) is 16.1 Å². The van der Waals surface area contributed by atoms with E-state index in [0.29, 0.717) is 0 Å². The van der Waals surface area contributed by atoms with Gasteiger partial charge in [-0.15, -0.1) is 0 Å². The average molecular weight is 406 g/mol. The molecule has 25 heavy (non-hydrogen) atoms. The van der Waals surface area contributed by atoms with Crippen molar-refractivity contribution in [1.29, 1.82) is 0 Å². The van der Waals surface area contributed by atoms with Gasteiger partial charge in [0, 0.05) is 5.57 Å². The van der Waals surface area contributed by atoms with Gasteiger partial charge in [0.05, 0.1) is 0 Å². The zero-order valence-corrected chi connectivity index (χ0v) is 14.4. The molecule has 0 saturated carbocycles. The molecule has 0 fully saturated rings. The molecule has 0 spiro atoms. The lowest BCUT2D eigenvalue weighted by Crippen LogP contribution is -2.34. The summed E-state index contributed by atoms with van der Waals surface area (Å²) in [4.78, 5) is 67.6. The van der Waals surface area contributed by atoms with Crippen molar-refractivity contribution in [3.63, 3.8) is 0 Å². The van der Waals surface area contributed by atoms with Gasteiger partial charge >= 0.3 is 33.6 Å². The van der Waals surface area contributed by atoms with E-state index in [1.165, 1.54) is 17.1 Å². The first kappa shape index (κ1) is 23.1. The Balaban J connectivity index is 4.71. The van der Waals surface area contributed by atoms with Gasteiger partial charge in [-0.25, -0.2) is 33.7 Å². The van der Waals surface area contributed by atoms with E-state index in [0.717, 1.165) is 0 Å². The summed E-state index contributed by atoms with van der Waals surface area (Å²) in [6.45, 7) is 2.96. The van der Waals surface area contributed by atoms with Crippen LogP contribution in [-0.4, -0.2) is 57.0 Å². The van der Waals surface area contributed by atoms with Gasteiger partial charge in [-0.1, -0.05) is 6.58 Å². The number of esters is 1. The van der Waals surface area contributed by atoms with Gasteiger partial charge < -0.3 is 33.8 Å². The largest absolute Gasteiger partial charge is 0.452 e. The summed E-state index contributed by atoms with van der Waals surface area (Å²) in [6.07, 6.45) is -4.55. The fourth-order valence-electron chi connectivity index (χ4n) is 1.01. The predicted molar refractivity (Wildman–Crippen MR) is 77.7 cm³/mol. The Labute approximate surface area is 140 Å². The molecular weight excluding hydrogens is 390 g/mol. The molecule has 0 bridgehead atoms. The van der Waals surface area contributed by atoms with Crippen molar-refractivity contribution in [1.82, 2.24) is 10.2 Å². The first-order chi connectivity index (χ1) is 11.2. The van der Waals surface area contributed by atoms with Crippen LogP contribution in [0.2, 0.25) is 0 Å². The lowest BCUT2D eigenvalue weighted by Gasteiger charge is -2.18. The zero-order chi connectivity index (χ0) is 19.8. The molecule has 0 aliphatic carbocycles. The highest BCUT2D eigenvalue weighted by molar-refractivity contribution is 7.50. The maximum Gasteiger partial charge on any atom is 0.432 e. The molecule has 0 rings (SSSR count). The number of nitrogens with one attached hydrogen (secondary N) is 2. The van der Waals surface area contributed by atoms with Crippen LogP contribution in [-0.2, 0) is 28.1 Å². The van der Waals surface area contributed by atoms with Gasteiger partial charge in [0.25, 0.3) is 0 Å². The Morgan fingerprint density at radius 2 is 1.32 bits per heavy atom. The van der Waals surface area contributed by atoms with Crippen LogP contribution < -0.4 is 10.2 Å². The van der Waals surface area contributed by atoms with Crippen molar-refractivity contribution in [3.05, 3.63) is 12.2 Å². The van der Waals surface area contributed by atoms with Crippen LogP contribution in [0.15, 0.2) is 12.2 Å². The first-order valence-electron chi connectivity index (χ1n) is 6.07. The topological polar surface area (TPSA) is 218 Å². The molecule has 0 unspecified atom stereocenters. The molecule has 0 radical (unpaired) electrons. The minimum Gasteiger partial charge on any atom is -0.452 e. The molecule has 0 heterocycles. The van der Waals surface area contributed by atoms with Crippen molar-refractivity contribution in [2.45, 2.75) is 13.0 Å². The van der Waals surface area contributed by atoms with Crippen LogP contribution in [0.25, 0.3) is 0 Å². The van der Waals surface area contributed by atoms with Crippen molar-refractivity contribution >= 4 is 33.6 Å². The molecule has 14 nitrogen and oxygen atoms in total. The molecule has 0 atom stereocenters. The van der Waals surface area contributed by atoms with Crippen molar-refractivity contribution in [2.75, 3.05) is 13.2 Å². The third-order valence-electron chi connectivity index (χ3n) is 1.90. The van der Waals surface area contributed by atoms with Gasteiger partial charge in [-0.3, -0.25) is 0 Å². The molecule has 0 aromatic carbocycles. The molecule has 0 saturated heterocycles. The smallest absolute Gasteiger partial charge is 0.432 e. The molecular formula is C9H16N2O12P2. The zero-order valence-electron chi connectivity index (χ0n) is 12.6. The monoisotopic (exact) mass is 406 g/mol. The van der Waals surface area contributed by atoms with Crippen LogP contribution in [0.3, 0.4) is 0 Å². The van der Waals surface area contributed by atoms with E-state index >= 15 is 0 Å². The van der Waals surface area contributed by atoms with E-state index in [9.17, 15) is 23.5 Å². The van der Waals surface area contributed by atoms with E-state index in [-0.39, 0.29) is 5.57 Å². The number of amides is 2. The van der Waals surface area contributed by atoms with Crippen molar-refractivity contribution in [3.8, 4) is 0 Å². The molecule has 16 heteroatoms. The van der Waals surface area contributed by atoms with Crippen LogP contribution in [0, 0.1) is 0 Å². The predicted octanol–water partition coefficient (Wildman–Crippen LogP) is -0.888. The third-order valence-corrected chi connectivity index (χ3v) is 2.84. The Morgan fingerprint density at radius 3 is 1.60 bits per heavy atom. The van der Waals surface area contributed by atoms with E-state index in [4.69, 9.17) is 24.3 Å². The number of carbonyl (C=O) groups is 3. The lowest BCUT2D eigenvalue weighted by molar-refractivity contribution is -0.148. The Hall–Kier alpha value is -1.95. The quantitative estimate of drug-likeness (QED) is 0.125. The SMILES string of the molecule is C=C(C)C(=O)OC(COC(=O)NP(=O)(O)O)COC(=O)NP(=O)(O)O. The highest BCUT2D eigenvalue weighted by Gasteiger charge is 2.24. The standard InChI is InChI=1S/C9H16N2O12P2/c1-5(2)7(12)23-6(3-21-8(13)10-24(15,16)17)4-22-9(14)11-25(18,19)20/h6H,1,3-4H2,2H3,(H3,10,13,15,16,17)(H3,11,14,18,19,20). The second kappa shape index (κ2) is 9.51. The summed E-state index contributed by atoms with van der Waals surface area (Å²) in [7, 11) is -9.82. The van der Waals surface area contributed by atoms with Gasteiger partial charge in [-0.05, 0) is 6.92 Å². The van der Waals surface area contributed by atoms with Gasteiger partial charge in [0.15, 0.2) is 6.10 Å². The minimum absolute atomic E-state index is 0.0654. The highest BCUT2D eigenvalue weighted by atomic mass is 31.2. The summed E-state index contributed by atoms with van der Waals surface area (Å²) in [6, 6.07) is 0. The van der Waals surface area contributed by atoms with Crippen molar-refractivity contribution < 1.29 is 57.3 Å². The molecule has 2 amide bonds. The normalized spacial score (nSPS) is 11.4. The average Bonchev–Trinajstić information content (AvgIpc) is 2.37. The number of hydrogen-bond donors (Lipinski definition) is 6. The molecule has 0 aliphatic rings. The molecule has 0 aromatic rings. The van der Waals surface area contributed by atoms with Gasteiger partial charge in [-0.2, -0.15) is 0 Å².